The lowest BCUT2D eigenvalue weighted by Crippen LogP contribution is -2.11. The number of nitrogens with one attached hydrogen (secondary N) is 1. The molecule has 0 atom stereocenters. The highest BCUT2D eigenvalue weighted by molar-refractivity contribution is 5.46. The van der Waals surface area contributed by atoms with Gasteiger partial charge in [-0.15, -0.1) is 0 Å². The molecule has 17 heavy (non-hydrogen) atoms. The van der Waals surface area contributed by atoms with Crippen molar-refractivity contribution in [1.82, 2.24) is 9.97 Å². The van der Waals surface area contributed by atoms with E-state index in [-0.39, 0.29) is 0 Å². The van der Waals surface area contributed by atoms with Crippen LogP contribution in [0.2, 0.25) is 0 Å². The molecular weight excluding hydrogens is 210 g/mol. The molecule has 0 unspecified atom stereocenters. The second-order valence-electron chi connectivity index (χ2n) is 4.98. The highest BCUT2D eigenvalue weighted by Crippen LogP contribution is 2.32. The normalized spacial score (nSPS) is 15.0. The first-order valence-electron chi connectivity index (χ1n) is 6.84. The SMILES string of the molecule is CCCNc1nc(CC2CC2)nc(C)c1CC. The minimum absolute atomic E-state index is 0.848. The van der Waals surface area contributed by atoms with Gasteiger partial charge in [0.05, 0.1) is 0 Å². The Morgan fingerprint density at radius 2 is 2.00 bits per heavy atom. The summed E-state index contributed by atoms with van der Waals surface area (Å²) in [6.45, 7) is 7.45. The number of anilines is 1. The Bertz CT molecular complexity index is 383. The van der Waals surface area contributed by atoms with E-state index < -0.39 is 0 Å². The molecule has 1 aliphatic rings. The lowest BCUT2D eigenvalue weighted by molar-refractivity contribution is 0.757. The van der Waals surface area contributed by atoms with Crippen LogP contribution in [-0.4, -0.2) is 16.5 Å². The van der Waals surface area contributed by atoms with Crippen LogP contribution in [0.15, 0.2) is 0 Å². The Morgan fingerprint density at radius 3 is 2.59 bits per heavy atom. The van der Waals surface area contributed by atoms with Crippen molar-refractivity contribution in [2.24, 2.45) is 5.92 Å². The van der Waals surface area contributed by atoms with Crippen LogP contribution in [0.4, 0.5) is 5.82 Å². The van der Waals surface area contributed by atoms with Gasteiger partial charge in [-0.2, -0.15) is 0 Å². The van der Waals surface area contributed by atoms with Gasteiger partial charge in [-0.25, -0.2) is 9.97 Å². The molecule has 1 aliphatic carbocycles. The van der Waals surface area contributed by atoms with Gasteiger partial charge in [0.2, 0.25) is 0 Å². The summed E-state index contributed by atoms with van der Waals surface area (Å²) in [5.74, 6) is 2.94. The molecule has 1 aromatic rings. The molecule has 1 N–H and O–H groups in total. The number of aryl methyl sites for hydroxylation is 1. The molecule has 2 rings (SSSR count). The molecule has 0 aliphatic heterocycles. The Hall–Kier alpha value is -1.12. The summed E-state index contributed by atoms with van der Waals surface area (Å²) in [4.78, 5) is 9.34. The number of hydrogen-bond donors (Lipinski definition) is 1. The molecule has 1 saturated carbocycles. The van der Waals surface area contributed by atoms with Gasteiger partial charge in [0, 0.05) is 24.2 Å². The van der Waals surface area contributed by atoms with E-state index in [1.54, 1.807) is 0 Å². The van der Waals surface area contributed by atoms with Gasteiger partial charge in [0.1, 0.15) is 11.6 Å². The molecule has 3 heteroatoms. The first-order valence-corrected chi connectivity index (χ1v) is 6.84. The molecule has 1 aromatic heterocycles. The van der Waals surface area contributed by atoms with E-state index in [0.717, 1.165) is 49.1 Å². The van der Waals surface area contributed by atoms with Crippen molar-refractivity contribution in [2.45, 2.75) is 52.9 Å². The summed E-state index contributed by atoms with van der Waals surface area (Å²) in [5.41, 5.74) is 2.43. The topological polar surface area (TPSA) is 37.8 Å². The maximum atomic E-state index is 4.70. The Morgan fingerprint density at radius 1 is 1.24 bits per heavy atom. The van der Waals surface area contributed by atoms with E-state index in [2.05, 4.69) is 31.1 Å². The van der Waals surface area contributed by atoms with Crippen LogP contribution in [0.25, 0.3) is 0 Å². The van der Waals surface area contributed by atoms with Crippen molar-refractivity contribution < 1.29 is 0 Å². The first-order chi connectivity index (χ1) is 8.24. The summed E-state index contributed by atoms with van der Waals surface area (Å²) < 4.78 is 0. The monoisotopic (exact) mass is 233 g/mol. The fourth-order valence-electron chi connectivity index (χ4n) is 2.14. The Kier molecular flexibility index (Phi) is 3.97. The molecular formula is C14H23N3. The zero-order valence-electron chi connectivity index (χ0n) is 11.2. The molecule has 1 heterocycles. The lowest BCUT2D eigenvalue weighted by Gasteiger charge is -2.13. The van der Waals surface area contributed by atoms with Crippen LogP contribution in [-0.2, 0) is 12.8 Å². The smallest absolute Gasteiger partial charge is 0.133 e. The number of rotatable bonds is 6. The zero-order valence-corrected chi connectivity index (χ0v) is 11.2. The molecule has 0 spiro atoms. The van der Waals surface area contributed by atoms with E-state index in [9.17, 15) is 0 Å². The maximum Gasteiger partial charge on any atom is 0.133 e. The Labute approximate surface area is 104 Å². The summed E-state index contributed by atoms with van der Waals surface area (Å²) in [5, 5.41) is 3.44. The average molecular weight is 233 g/mol. The molecule has 1 fully saturated rings. The van der Waals surface area contributed by atoms with Gasteiger partial charge in [-0.1, -0.05) is 13.8 Å². The Balaban J connectivity index is 2.20. The second kappa shape index (κ2) is 5.48. The highest BCUT2D eigenvalue weighted by Gasteiger charge is 2.23. The lowest BCUT2D eigenvalue weighted by atomic mass is 10.1. The van der Waals surface area contributed by atoms with Gasteiger partial charge in [0.15, 0.2) is 0 Å². The van der Waals surface area contributed by atoms with Crippen LogP contribution >= 0.6 is 0 Å². The van der Waals surface area contributed by atoms with Crippen molar-refractivity contribution in [3.8, 4) is 0 Å². The third-order valence-corrected chi connectivity index (χ3v) is 3.32. The molecule has 0 aromatic carbocycles. The predicted octanol–water partition coefficient (Wildman–Crippen LogP) is 3.12. The summed E-state index contributed by atoms with van der Waals surface area (Å²) >= 11 is 0. The van der Waals surface area contributed by atoms with Crippen LogP contribution in [0.1, 0.15) is 50.2 Å². The number of aromatic nitrogens is 2. The van der Waals surface area contributed by atoms with Gasteiger partial charge < -0.3 is 5.32 Å². The van der Waals surface area contributed by atoms with Crippen molar-refractivity contribution in [3.05, 3.63) is 17.1 Å². The van der Waals surface area contributed by atoms with Crippen LogP contribution in [0.5, 0.6) is 0 Å². The molecule has 0 amide bonds. The highest BCUT2D eigenvalue weighted by atomic mass is 15.0. The number of nitrogens with zero attached hydrogens (tertiary/aromatic N) is 2. The van der Waals surface area contributed by atoms with Gasteiger partial charge in [0.25, 0.3) is 0 Å². The van der Waals surface area contributed by atoms with E-state index in [4.69, 9.17) is 4.98 Å². The standard InChI is InChI=1S/C14H23N3/c1-4-8-15-14-12(5-2)10(3)16-13(17-14)9-11-6-7-11/h11H,4-9H2,1-3H3,(H,15,16,17). The minimum Gasteiger partial charge on any atom is -0.370 e. The fourth-order valence-corrected chi connectivity index (χ4v) is 2.14. The van der Waals surface area contributed by atoms with Gasteiger partial charge >= 0.3 is 0 Å². The fraction of sp³-hybridized carbons (Fsp3) is 0.714. The predicted molar refractivity (Wildman–Crippen MR) is 71.4 cm³/mol. The van der Waals surface area contributed by atoms with Gasteiger partial charge in [-0.3, -0.25) is 0 Å². The third kappa shape index (κ3) is 3.18. The number of hydrogen-bond acceptors (Lipinski definition) is 3. The quantitative estimate of drug-likeness (QED) is 0.820. The van der Waals surface area contributed by atoms with E-state index >= 15 is 0 Å². The molecule has 0 bridgehead atoms. The molecule has 94 valence electrons. The third-order valence-electron chi connectivity index (χ3n) is 3.32. The molecule has 0 saturated heterocycles. The zero-order chi connectivity index (χ0) is 12.3. The first kappa shape index (κ1) is 12.3. The van der Waals surface area contributed by atoms with E-state index in [1.807, 2.05) is 0 Å². The van der Waals surface area contributed by atoms with Crippen LogP contribution in [0, 0.1) is 12.8 Å². The average Bonchev–Trinajstić information content (AvgIpc) is 3.10. The maximum absolute atomic E-state index is 4.70. The minimum atomic E-state index is 0.848. The summed E-state index contributed by atoms with van der Waals surface area (Å²) in [6, 6.07) is 0. The van der Waals surface area contributed by atoms with Crippen molar-refractivity contribution in [3.63, 3.8) is 0 Å². The van der Waals surface area contributed by atoms with E-state index in [0.29, 0.717) is 0 Å². The summed E-state index contributed by atoms with van der Waals surface area (Å²) in [7, 11) is 0. The van der Waals surface area contributed by atoms with Gasteiger partial charge in [-0.05, 0) is 38.5 Å². The van der Waals surface area contributed by atoms with Crippen molar-refractivity contribution in [1.29, 1.82) is 0 Å². The largest absolute Gasteiger partial charge is 0.370 e. The van der Waals surface area contributed by atoms with E-state index in [1.165, 1.54) is 18.4 Å². The van der Waals surface area contributed by atoms with Crippen molar-refractivity contribution in [2.75, 3.05) is 11.9 Å². The molecule has 3 nitrogen and oxygen atoms in total. The van der Waals surface area contributed by atoms with Crippen LogP contribution in [0.3, 0.4) is 0 Å². The van der Waals surface area contributed by atoms with Crippen LogP contribution < -0.4 is 5.32 Å². The van der Waals surface area contributed by atoms with Crippen molar-refractivity contribution >= 4 is 5.82 Å². The molecule has 0 radical (unpaired) electrons. The summed E-state index contributed by atoms with van der Waals surface area (Å²) in [6.07, 6.45) is 5.91. The second-order valence-corrected chi connectivity index (χ2v) is 4.98.